The molecule has 51 heavy (non-hydrogen) atoms. The molecule has 0 spiro atoms. The first-order chi connectivity index (χ1) is 24.2. The molecule has 274 valence electrons. The fourth-order valence-corrected chi connectivity index (χ4v) is 9.11. The monoisotopic (exact) mass is 723 g/mol. The Morgan fingerprint density at radius 1 is 1.04 bits per heavy atom. The highest BCUT2D eigenvalue weighted by atomic mass is 32.2. The van der Waals surface area contributed by atoms with E-state index in [4.69, 9.17) is 9.15 Å². The average Bonchev–Trinajstić information content (AvgIpc) is 3.64. The van der Waals surface area contributed by atoms with Crippen molar-refractivity contribution < 1.29 is 31.6 Å². The summed E-state index contributed by atoms with van der Waals surface area (Å²) in [7, 11) is -0.162. The minimum atomic E-state index is -3.96. The maximum atomic E-state index is 16.5. The Morgan fingerprint density at radius 3 is 2.43 bits per heavy atom. The Balaban J connectivity index is 1.19. The number of nitrogens with zero attached hydrogens (tertiary/aromatic N) is 4. The van der Waals surface area contributed by atoms with E-state index in [0.29, 0.717) is 50.1 Å². The molecule has 12 nitrogen and oxygen atoms in total. The zero-order chi connectivity index (χ0) is 36.4. The number of amides is 2. The van der Waals surface area contributed by atoms with Crippen molar-refractivity contribution in [2.24, 2.45) is 0 Å². The number of piperazine rings is 1. The average molecular weight is 724 g/mol. The minimum Gasteiger partial charge on any atom is -0.422 e. The normalized spacial score (nSPS) is 20.5. The molecule has 1 atom stereocenters. The molecule has 2 amide bonds. The van der Waals surface area contributed by atoms with Crippen molar-refractivity contribution in [3.05, 3.63) is 67.8 Å². The first-order valence-electron chi connectivity index (χ1n) is 17.7. The molecule has 2 aromatic carbocycles. The second-order valence-electron chi connectivity index (χ2n) is 14.8. The molecule has 4 aliphatic rings. The van der Waals surface area contributed by atoms with Crippen LogP contribution in [0.3, 0.4) is 0 Å². The maximum absolute atomic E-state index is 16.5. The van der Waals surface area contributed by atoms with Crippen molar-refractivity contribution in [1.82, 2.24) is 14.5 Å². The van der Waals surface area contributed by atoms with Gasteiger partial charge < -0.3 is 23.9 Å². The quantitative estimate of drug-likeness (QED) is 0.343. The largest absolute Gasteiger partial charge is 0.422 e. The lowest BCUT2D eigenvalue weighted by molar-refractivity contribution is 0.0727. The summed E-state index contributed by atoms with van der Waals surface area (Å²) in [5.41, 5.74) is 3.65. The van der Waals surface area contributed by atoms with E-state index in [1.165, 1.54) is 17.0 Å². The van der Waals surface area contributed by atoms with E-state index < -0.39 is 38.0 Å². The molecule has 4 heterocycles. The Kier molecular flexibility index (Phi) is 9.16. The maximum Gasteiger partial charge on any atom is 0.341 e. The molecule has 0 unspecified atom stereocenters. The lowest BCUT2D eigenvalue weighted by atomic mass is 9.92. The number of halogens is 1. The van der Waals surface area contributed by atoms with Crippen molar-refractivity contribution in [2.45, 2.75) is 70.2 Å². The molecule has 14 heteroatoms. The molecule has 0 bridgehead atoms. The number of aryl methyl sites for hydroxylation is 2. The van der Waals surface area contributed by atoms with Crippen molar-refractivity contribution in [3.63, 3.8) is 0 Å². The fourth-order valence-electron chi connectivity index (χ4n) is 7.87. The summed E-state index contributed by atoms with van der Waals surface area (Å²) >= 11 is 0. The SMILES string of the molecule is COC[C@H]1CN(c2cc(C)c3c4c(c(=O)oc3c2C)CN(C(=O)c2ccc(C(=O)NS(=O)(=O)C3(C)CC3)c(N3CCCC3)c2F)CC4)CCN1C. The van der Waals surface area contributed by atoms with Crippen LogP contribution >= 0.6 is 0 Å². The van der Waals surface area contributed by atoms with Gasteiger partial charge in [-0.15, -0.1) is 0 Å². The fraction of sp³-hybridized carbons (Fsp3) is 0.541. The summed E-state index contributed by atoms with van der Waals surface area (Å²) in [6.45, 7) is 9.78. The van der Waals surface area contributed by atoms with E-state index in [1.54, 1.807) is 18.9 Å². The number of ether oxygens (including phenoxy) is 1. The number of sulfonamides is 1. The Labute approximate surface area is 297 Å². The Bertz CT molecular complexity index is 2090. The molecule has 7 rings (SSSR count). The third-order valence-electron chi connectivity index (χ3n) is 11.4. The van der Waals surface area contributed by atoms with E-state index in [2.05, 4.69) is 27.6 Å². The number of methoxy groups -OCH3 is 1. The van der Waals surface area contributed by atoms with Crippen LogP contribution in [-0.4, -0.2) is 101 Å². The Morgan fingerprint density at radius 2 is 1.75 bits per heavy atom. The Hall–Kier alpha value is -4.01. The summed E-state index contributed by atoms with van der Waals surface area (Å²) in [6, 6.07) is 4.94. The van der Waals surface area contributed by atoms with Crippen molar-refractivity contribution >= 4 is 44.2 Å². The van der Waals surface area contributed by atoms with Crippen LogP contribution in [0.25, 0.3) is 11.0 Å². The number of nitrogens with one attached hydrogen (secondary N) is 1. The summed E-state index contributed by atoms with van der Waals surface area (Å²) in [5.74, 6) is -2.42. The van der Waals surface area contributed by atoms with E-state index in [0.717, 1.165) is 60.2 Å². The zero-order valence-corrected chi connectivity index (χ0v) is 30.8. The van der Waals surface area contributed by atoms with Gasteiger partial charge in [0.25, 0.3) is 11.8 Å². The van der Waals surface area contributed by atoms with Crippen LogP contribution in [0, 0.1) is 19.7 Å². The van der Waals surface area contributed by atoms with Crippen LogP contribution in [0.2, 0.25) is 0 Å². The van der Waals surface area contributed by atoms with Crippen LogP contribution in [0.5, 0.6) is 0 Å². The minimum absolute atomic E-state index is 0.0542. The van der Waals surface area contributed by atoms with Crippen molar-refractivity contribution in [2.75, 3.05) is 69.8 Å². The number of rotatable bonds is 8. The number of hydrogen-bond donors (Lipinski definition) is 1. The molecule has 1 saturated carbocycles. The number of carbonyl (C=O) groups is 2. The lowest BCUT2D eigenvalue weighted by Gasteiger charge is -2.41. The van der Waals surface area contributed by atoms with Crippen molar-refractivity contribution in [3.8, 4) is 0 Å². The number of benzene rings is 2. The molecule has 3 aromatic rings. The van der Waals surface area contributed by atoms with Gasteiger partial charge in [-0.05, 0) is 89.2 Å². The zero-order valence-electron chi connectivity index (χ0n) is 29.9. The third kappa shape index (κ3) is 6.18. The summed E-state index contributed by atoms with van der Waals surface area (Å²) < 4.78 is 54.8. The van der Waals surface area contributed by atoms with Crippen molar-refractivity contribution in [1.29, 1.82) is 0 Å². The molecule has 3 fully saturated rings. The topological polar surface area (TPSA) is 133 Å². The highest BCUT2D eigenvalue weighted by Gasteiger charge is 2.51. The number of carbonyl (C=O) groups excluding carboxylic acids is 2. The van der Waals surface area contributed by atoms with E-state index in [-0.39, 0.29) is 35.9 Å². The molecule has 3 aliphatic heterocycles. The number of fused-ring (bicyclic) bond motifs is 3. The van der Waals surface area contributed by atoms with Crippen LogP contribution in [0.4, 0.5) is 15.8 Å². The van der Waals surface area contributed by atoms with Crippen LogP contribution in [0.1, 0.15) is 75.6 Å². The molecular weight excluding hydrogens is 678 g/mol. The van der Waals surface area contributed by atoms with E-state index in [1.807, 2.05) is 13.8 Å². The van der Waals surface area contributed by atoms with Gasteiger partial charge in [-0.1, -0.05) is 0 Å². The predicted octanol–water partition coefficient (Wildman–Crippen LogP) is 3.73. The number of anilines is 2. The second kappa shape index (κ2) is 13.2. The summed E-state index contributed by atoms with van der Waals surface area (Å²) in [4.78, 5) is 48.6. The van der Waals surface area contributed by atoms with Gasteiger partial charge in [0.05, 0.1) is 46.3 Å². The second-order valence-corrected chi connectivity index (χ2v) is 17.0. The molecule has 2 saturated heterocycles. The van der Waals surface area contributed by atoms with Gasteiger partial charge in [-0.3, -0.25) is 14.5 Å². The number of hydrogen-bond acceptors (Lipinski definition) is 10. The van der Waals surface area contributed by atoms with E-state index in [9.17, 15) is 22.8 Å². The number of likely N-dealkylation sites (N-methyl/N-ethyl adjacent to an activating group) is 1. The standard InChI is InChI=1S/C37H46FN5O7S/c1-22-18-29(42-17-16-40(4)24(19-42)21-49-5)23(2)33-30(22)25-10-15-43(20-28(25)36(46)50-33)35(45)26-8-9-27(32(31(26)38)41-13-6-7-14-41)34(44)39-51(47,48)37(3)11-12-37/h8-9,18,24H,6-7,10-17,19-21H2,1-5H3,(H,39,44)/t24-/m1/s1. The molecule has 1 aliphatic carbocycles. The molecule has 0 radical (unpaired) electrons. The van der Waals surface area contributed by atoms with Gasteiger partial charge in [0.1, 0.15) is 5.58 Å². The first-order valence-corrected chi connectivity index (χ1v) is 19.2. The summed E-state index contributed by atoms with van der Waals surface area (Å²) in [5, 5.41) is 0.869. The van der Waals surface area contributed by atoms with Gasteiger partial charge in [-0.2, -0.15) is 0 Å². The molecule has 1 N–H and O–H groups in total. The van der Waals surface area contributed by atoms with Crippen LogP contribution < -0.4 is 20.1 Å². The van der Waals surface area contributed by atoms with E-state index >= 15 is 4.39 Å². The van der Waals surface area contributed by atoms with Gasteiger partial charge in [0.2, 0.25) is 10.0 Å². The van der Waals surface area contributed by atoms with Crippen LogP contribution in [0.15, 0.2) is 27.4 Å². The summed E-state index contributed by atoms with van der Waals surface area (Å²) in [6.07, 6.45) is 2.80. The highest BCUT2D eigenvalue weighted by molar-refractivity contribution is 7.91. The van der Waals surface area contributed by atoms with Gasteiger partial charge in [0, 0.05) is 63.0 Å². The first kappa shape index (κ1) is 35.4. The van der Waals surface area contributed by atoms with Gasteiger partial charge in [-0.25, -0.2) is 22.3 Å². The third-order valence-corrected chi connectivity index (χ3v) is 13.6. The smallest absolute Gasteiger partial charge is 0.341 e. The van der Waals surface area contributed by atoms with Gasteiger partial charge >= 0.3 is 5.63 Å². The molecule has 1 aromatic heterocycles. The lowest BCUT2D eigenvalue weighted by Crippen LogP contribution is -2.53. The van der Waals surface area contributed by atoms with Gasteiger partial charge in [0.15, 0.2) is 5.82 Å². The highest BCUT2D eigenvalue weighted by Crippen LogP contribution is 2.43. The molecular formula is C37H46FN5O7S. The van der Waals surface area contributed by atoms with Crippen LogP contribution in [-0.2, 0) is 27.7 Å². The predicted molar refractivity (Wildman–Crippen MR) is 193 cm³/mol.